The van der Waals surface area contributed by atoms with Gasteiger partial charge in [-0.25, -0.2) is 4.79 Å². The second kappa shape index (κ2) is 6.15. The van der Waals surface area contributed by atoms with E-state index in [1.807, 2.05) is 10.8 Å². The number of aromatic nitrogens is 1. The van der Waals surface area contributed by atoms with Crippen LogP contribution in [0.3, 0.4) is 0 Å². The normalized spacial score (nSPS) is 10.5. The molecular weight excluding hydrogens is 305 g/mol. The summed E-state index contributed by atoms with van der Waals surface area (Å²) in [4.78, 5) is 10.9. The Kier molecular flexibility index (Phi) is 5.14. The number of carboxylic acids is 1. The number of hydrogen-bond donors (Lipinski definition) is 1. The Balaban J connectivity index is 2.55. The van der Waals surface area contributed by atoms with E-state index in [-0.39, 0.29) is 0 Å². The lowest BCUT2D eigenvalue weighted by molar-refractivity contribution is 0.0685. The number of hydrogen-bond acceptors (Lipinski definition) is 1. The first-order chi connectivity index (χ1) is 7.15. The number of carbonyl (C=O) groups is 1. The summed E-state index contributed by atoms with van der Waals surface area (Å²) in [6, 6.07) is 1.71. The first-order valence-corrected chi connectivity index (χ1v) is 6.32. The minimum Gasteiger partial charge on any atom is -0.477 e. The molecule has 3 nitrogen and oxygen atoms in total. The van der Waals surface area contributed by atoms with Gasteiger partial charge in [0.2, 0.25) is 0 Å². The molecule has 0 aliphatic carbocycles. The molecule has 1 N–H and O–H groups in total. The van der Waals surface area contributed by atoms with Gasteiger partial charge < -0.3 is 9.67 Å². The van der Waals surface area contributed by atoms with Crippen LogP contribution in [-0.4, -0.2) is 15.6 Å². The van der Waals surface area contributed by atoms with E-state index in [0.29, 0.717) is 5.69 Å². The van der Waals surface area contributed by atoms with Crippen LogP contribution in [0.1, 0.15) is 43.1 Å². The number of unbranched alkanes of at least 4 members (excludes halogenated alkanes) is 3. The van der Waals surface area contributed by atoms with Crippen molar-refractivity contribution in [1.82, 2.24) is 4.57 Å². The van der Waals surface area contributed by atoms with Crippen molar-refractivity contribution in [3.05, 3.63) is 21.5 Å². The van der Waals surface area contributed by atoms with Crippen LogP contribution in [0.15, 0.2) is 12.3 Å². The van der Waals surface area contributed by atoms with E-state index < -0.39 is 5.97 Å². The molecule has 0 amide bonds. The number of carboxylic acid groups (broad SMARTS) is 1. The average molecular weight is 321 g/mol. The molecule has 0 spiro atoms. The SMILES string of the molecule is CCCCCCn1cc(I)cc1C(=O)O. The van der Waals surface area contributed by atoms with Gasteiger partial charge in [-0.05, 0) is 35.1 Å². The highest BCUT2D eigenvalue weighted by atomic mass is 127. The number of rotatable bonds is 6. The Morgan fingerprint density at radius 2 is 2.20 bits per heavy atom. The van der Waals surface area contributed by atoms with Crippen LogP contribution in [0.25, 0.3) is 0 Å². The Morgan fingerprint density at radius 3 is 2.80 bits per heavy atom. The predicted molar refractivity (Wildman–Crippen MR) is 68.3 cm³/mol. The van der Waals surface area contributed by atoms with Crippen molar-refractivity contribution < 1.29 is 9.90 Å². The van der Waals surface area contributed by atoms with Gasteiger partial charge in [0.25, 0.3) is 0 Å². The molecule has 0 saturated carbocycles. The molecule has 0 fully saturated rings. The van der Waals surface area contributed by atoms with Crippen LogP contribution in [-0.2, 0) is 6.54 Å². The fourth-order valence-electron chi connectivity index (χ4n) is 1.55. The maximum atomic E-state index is 10.9. The Bertz CT molecular complexity index is 333. The molecule has 1 heterocycles. The molecule has 0 aliphatic rings. The molecule has 84 valence electrons. The molecule has 15 heavy (non-hydrogen) atoms. The third-order valence-corrected chi connectivity index (χ3v) is 2.92. The van der Waals surface area contributed by atoms with Crippen LogP contribution in [0.5, 0.6) is 0 Å². The van der Waals surface area contributed by atoms with Gasteiger partial charge >= 0.3 is 5.97 Å². The van der Waals surface area contributed by atoms with Gasteiger partial charge in [0.15, 0.2) is 0 Å². The fraction of sp³-hybridized carbons (Fsp3) is 0.545. The second-order valence-electron chi connectivity index (χ2n) is 3.60. The quantitative estimate of drug-likeness (QED) is 0.645. The van der Waals surface area contributed by atoms with Crippen molar-refractivity contribution in [2.75, 3.05) is 0 Å². The van der Waals surface area contributed by atoms with Crippen molar-refractivity contribution in [3.63, 3.8) is 0 Å². The number of halogens is 1. The molecule has 0 unspecified atom stereocenters. The summed E-state index contributed by atoms with van der Waals surface area (Å²) in [7, 11) is 0. The Hall–Kier alpha value is -0.520. The van der Waals surface area contributed by atoms with Crippen LogP contribution < -0.4 is 0 Å². The van der Waals surface area contributed by atoms with Crippen LogP contribution in [0.4, 0.5) is 0 Å². The van der Waals surface area contributed by atoms with E-state index in [4.69, 9.17) is 5.11 Å². The van der Waals surface area contributed by atoms with Gasteiger partial charge in [0.05, 0.1) is 0 Å². The lowest BCUT2D eigenvalue weighted by atomic mass is 10.2. The zero-order valence-corrected chi connectivity index (χ0v) is 11.0. The highest BCUT2D eigenvalue weighted by Gasteiger charge is 2.10. The number of nitrogens with zero attached hydrogens (tertiary/aromatic N) is 1. The van der Waals surface area contributed by atoms with E-state index in [0.717, 1.165) is 16.5 Å². The molecule has 0 radical (unpaired) electrons. The summed E-state index contributed by atoms with van der Waals surface area (Å²) < 4.78 is 2.82. The average Bonchev–Trinajstić information content (AvgIpc) is 2.55. The molecule has 1 aromatic heterocycles. The molecule has 1 aromatic rings. The van der Waals surface area contributed by atoms with Gasteiger partial charge in [-0.3, -0.25) is 0 Å². The van der Waals surface area contributed by atoms with Gasteiger partial charge in [-0.2, -0.15) is 0 Å². The van der Waals surface area contributed by atoms with E-state index in [2.05, 4.69) is 29.5 Å². The summed E-state index contributed by atoms with van der Waals surface area (Å²) in [6.07, 6.45) is 6.55. The topological polar surface area (TPSA) is 42.2 Å². The predicted octanol–water partition coefficient (Wildman–Crippen LogP) is 3.37. The minimum atomic E-state index is -0.839. The molecule has 0 aliphatic heterocycles. The van der Waals surface area contributed by atoms with Crippen molar-refractivity contribution in [2.45, 2.75) is 39.2 Å². The van der Waals surface area contributed by atoms with Crippen LogP contribution >= 0.6 is 22.6 Å². The first-order valence-electron chi connectivity index (χ1n) is 5.24. The summed E-state index contributed by atoms with van der Waals surface area (Å²) in [5, 5.41) is 8.96. The number of aromatic carboxylic acids is 1. The highest BCUT2D eigenvalue weighted by molar-refractivity contribution is 14.1. The Labute approximate surface area is 104 Å². The monoisotopic (exact) mass is 321 g/mol. The standard InChI is InChI=1S/C11H16INO2/c1-2-3-4-5-6-13-8-9(12)7-10(13)11(14)15/h7-8H,2-6H2,1H3,(H,14,15). The molecule has 1 rings (SSSR count). The van der Waals surface area contributed by atoms with Gasteiger partial charge in [-0.1, -0.05) is 26.2 Å². The summed E-state index contributed by atoms with van der Waals surface area (Å²) in [6.45, 7) is 2.98. The maximum Gasteiger partial charge on any atom is 0.352 e. The minimum absolute atomic E-state index is 0.399. The third kappa shape index (κ3) is 3.85. The largest absolute Gasteiger partial charge is 0.477 e. The summed E-state index contributed by atoms with van der Waals surface area (Å²) >= 11 is 2.14. The molecule has 0 atom stereocenters. The molecule has 0 aromatic carbocycles. The van der Waals surface area contributed by atoms with Crippen LogP contribution in [0.2, 0.25) is 0 Å². The van der Waals surface area contributed by atoms with Gasteiger partial charge in [0, 0.05) is 16.3 Å². The zero-order chi connectivity index (χ0) is 11.3. The lowest BCUT2D eigenvalue weighted by Gasteiger charge is -2.05. The number of aryl methyl sites for hydroxylation is 1. The summed E-state index contributed by atoms with van der Waals surface area (Å²) in [5.41, 5.74) is 0.399. The van der Waals surface area contributed by atoms with E-state index >= 15 is 0 Å². The highest BCUT2D eigenvalue weighted by Crippen LogP contribution is 2.13. The molecule has 0 bridgehead atoms. The van der Waals surface area contributed by atoms with E-state index in [1.54, 1.807) is 6.07 Å². The van der Waals surface area contributed by atoms with E-state index in [9.17, 15) is 4.79 Å². The van der Waals surface area contributed by atoms with Crippen molar-refractivity contribution in [3.8, 4) is 0 Å². The van der Waals surface area contributed by atoms with Crippen molar-refractivity contribution >= 4 is 28.6 Å². The van der Waals surface area contributed by atoms with Gasteiger partial charge in [-0.15, -0.1) is 0 Å². The summed E-state index contributed by atoms with van der Waals surface area (Å²) in [5.74, 6) is -0.839. The zero-order valence-electron chi connectivity index (χ0n) is 8.87. The van der Waals surface area contributed by atoms with Crippen molar-refractivity contribution in [1.29, 1.82) is 0 Å². The lowest BCUT2D eigenvalue weighted by Crippen LogP contribution is -2.07. The van der Waals surface area contributed by atoms with Crippen LogP contribution in [0, 0.1) is 3.57 Å². The molecule has 4 heteroatoms. The first kappa shape index (κ1) is 12.5. The maximum absolute atomic E-state index is 10.9. The smallest absolute Gasteiger partial charge is 0.352 e. The van der Waals surface area contributed by atoms with Gasteiger partial charge in [0.1, 0.15) is 5.69 Å². The second-order valence-corrected chi connectivity index (χ2v) is 4.85. The van der Waals surface area contributed by atoms with Crippen molar-refractivity contribution in [2.24, 2.45) is 0 Å². The fourth-order valence-corrected chi connectivity index (χ4v) is 2.18. The molecule has 0 saturated heterocycles. The Morgan fingerprint density at radius 1 is 1.47 bits per heavy atom. The third-order valence-electron chi connectivity index (χ3n) is 2.33. The molecular formula is C11H16INO2. The van der Waals surface area contributed by atoms with E-state index in [1.165, 1.54) is 19.3 Å².